The molecular formula is C21H23N5O2S. The van der Waals surface area contributed by atoms with E-state index in [2.05, 4.69) is 19.8 Å². The maximum Gasteiger partial charge on any atom is 0.253 e. The Morgan fingerprint density at radius 1 is 0.931 bits per heavy atom. The number of rotatable bonds is 3. The Balaban J connectivity index is 1.21. The van der Waals surface area contributed by atoms with Gasteiger partial charge in [-0.3, -0.25) is 4.79 Å². The number of fused-ring (bicyclic) bond motifs is 1. The second-order valence-electron chi connectivity index (χ2n) is 7.25. The van der Waals surface area contributed by atoms with Crippen LogP contribution in [0.25, 0.3) is 10.3 Å². The molecule has 1 aromatic carbocycles. The molecule has 2 aliphatic rings. The van der Waals surface area contributed by atoms with E-state index in [1.54, 1.807) is 17.5 Å². The molecule has 2 aliphatic heterocycles. The van der Waals surface area contributed by atoms with Gasteiger partial charge in [0.25, 0.3) is 5.91 Å². The summed E-state index contributed by atoms with van der Waals surface area (Å²) in [6.07, 6.45) is 1.80. The minimum absolute atomic E-state index is 0.101. The molecule has 0 bridgehead atoms. The fraction of sp³-hybridized carbons (Fsp3) is 0.381. The standard InChI is InChI=1S/C21H23N5O2S/c27-20(16-3-5-17(6-4-16)24-12-14-28-15-13-24)25-8-10-26(11-9-25)21-23-18-2-1-7-22-19(18)29-21/h1-7H,8-15H2. The van der Waals surface area contributed by atoms with Gasteiger partial charge in [-0.05, 0) is 36.4 Å². The van der Waals surface area contributed by atoms with Crippen molar-refractivity contribution in [3.8, 4) is 0 Å². The number of piperazine rings is 1. The number of carbonyl (C=O) groups is 1. The number of hydrogen-bond acceptors (Lipinski definition) is 7. The molecule has 1 amide bonds. The summed E-state index contributed by atoms with van der Waals surface area (Å²) in [6, 6.07) is 11.9. The molecule has 29 heavy (non-hydrogen) atoms. The van der Waals surface area contributed by atoms with Crippen molar-refractivity contribution >= 4 is 38.4 Å². The maximum atomic E-state index is 12.9. The highest BCUT2D eigenvalue weighted by Crippen LogP contribution is 2.28. The van der Waals surface area contributed by atoms with Crippen LogP contribution in [0.4, 0.5) is 10.8 Å². The second-order valence-corrected chi connectivity index (χ2v) is 8.21. The van der Waals surface area contributed by atoms with Gasteiger partial charge in [0.2, 0.25) is 0 Å². The maximum absolute atomic E-state index is 12.9. The van der Waals surface area contributed by atoms with Crippen molar-refractivity contribution in [1.29, 1.82) is 0 Å². The summed E-state index contributed by atoms with van der Waals surface area (Å²) in [4.78, 5) is 29.4. The summed E-state index contributed by atoms with van der Waals surface area (Å²) in [6.45, 7) is 6.30. The van der Waals surface area contributed by atoms with Crippen LogP contribution >= 0.6 is 11.3 Å². The fourth-order valence-electron chi connectivity index (χ4n) is 3.81. The number of hydrogen-bond donors (Lipinski definition) is 0. The molecule has 0 saturated carbocycles. The molecule has 0 N–H and O–H groups in total. The molecule has 7 nitrogen and oxygen atoms in total. The van der Waals surface area contributed by atoms with E-state index >= 15 is 0 Å². The molecule has 0 radical (unpaired) electrons. The van der Waals surface area contributed by atoms with Crippen molar-refractivity contribution in [2.45, 2.75) is 0 Å². The summed E-state index contributed by atoms with van der Waals surface area (Å²) in [5.74, 6) is 0.101. The van der Waals surface area contributed by atoms with Crippen LogP contribution in [0.3, 0.4) is 0 Å². The van der Waals surface area contributed by atoms with Crippen molar-refractivity contribution in [3.63, 3.8) is 0 Å². The summed E-state index contributed by atoms with van der Waals surface area (Å²) < 4.78 is 5.41. The number of benzene rings is 1. The highest BCUT2D eigenvalue weighted by Gasteiger charge is 2.24. The average molecular weight is 410 g/mol. The quantitative estimate of drug-likeness (QED) is 0.662. The summed E-state index contributed by atoms with van der Waals surface area (Å²) in [7, 11) is 0. The van der Waals surface area contributed by atoms with Crippen LogP contribution in [0.5, 0.6) is 0 Å². The third-order valence-corrected chi connectivity index (χ3v) is 6.52. The van der Waals surface area contributed by atoms with Crippen molar-refractivity contribution in [3.05, 3.63) is 48.2 Å². The molecule has 2 fully saturated rings. The van der Waals surface area contributed by atoms with Crippen molar-refractivity contribution in [1.82, 2.24) is 14.9 Å². The van der Waals surface area contributed by atoms with Gasteiger partial charge in [-0.1, -0.05) is 11.3 Å². The number of thiazole rings is 1. The van der Waals surface area contributed by atoms with Gasteiger partial charge in [0, 0.05) is 56.7 Å². The number of carbonyl (C=O) groups excluding carboxylic acids is 1. The highest BCUT2D eigenvalue weighted by atomic mass is 32.1. The van der Waals surface area contributed by atoms with E-state index in [-0.39, 0.29) is 5.91 Å². The van der Waals surface area contributed by atoms with Gasteiger partial charge >= 0.3 is 0 Å². The molecule has 0 aliphatic carbocycles. The van der Waals surface area contributed by atoms with Gasteiger partial charge in [-0.25, -0.2) is 9.97 Å². The van der Waals surface area contributed by atoms with Crippen molar-refractivity contribution in [2.75, 3.05) is 62.3 Å². The zero-order valence-electron chi connectivity index (χ0n) is 16.2. The lowest BCUT2D eigenvalue weighted by atomic mass is 10.1. The van der Waals surface area contributed by atoms with Gasteiger partial charge in [0.15, 0.2) is 5.13 Å². The predicted octanol–water partition coefficient (Wildman–Crippen LogP) is 2.49. The molecule has 150 valence electrons. The number of nitrogens with zero attached hydrogens (tertiary/aromatic N) is 5. The Labute approximate surface area is 173 Å². The molecule has 5 rings (SSSR count). The number of aromatic nitrogens is 2. The second kappa shape index (κ2) is 7.96. The highest BCUT2D eigenvalue weighted by molar-refractivity contribution is 7.21. The Morgan fingerprint density at radius 3 is 2.41 bits per heavy atom. The molecule has 2 saturated heterocycles. The van der Waals surface area contributed by atoms with Crippen LogP contribution in [-0.4, -0.2) is 73.3 Å². The largest absolute Gasteiger partial charge is 0.378 e. The third-order valence-electron chi connectivity index (χ3n) is 5.48. The van der Waals surface area contributed by atoms with Gasteiger partial charge in [0.05, 0.1) is 13.2 Å². The fourth-order valence-corrected chi connectivity index (χ4v) is 4.77. The van der Waals surface area contributed by atoms with Gasteiger partial charge in [-0.2, -0.15) is 0 Å². The minimum atomic E-state index is 0.101. The van der Waals surface area contributed by atoms with Crippen molar-refractivity contribution in [2.24, 2.45) is 0 Å². The van der Waals surface area contributed by atoms with Gasteiger partial charge < -0.3 is 19.4 Å². The van der Waals surface area contributed by atoms with Crippen LogP contribution in [-0.2, 0) is 4.74 Å². The summed E-state index contributed by atoms with van der Waals surface area (Å²) in [5, 5.41) is 0.987. The molecule has 0 unspecified atom stereocenters. The molecule has 3 aromatic rings. The summed E-state index contributed by atoms with van der Waals surface area (Å²) >= 11 is 1.61. The first-order valence-electron chi connectivity index (χ1n) is 9.96. The number of morpholine rings is 1. The Kier molecular flexibility index (Phi) is 5.03. The first kappa shape index (κ1) is 18.3. The van der Waals surface area contributed by atoms with Gasteiger partial charge in [-0.15, -0.1) is 0 Å². The average Bonchev–Trinajstić information content (AvgIpc) is 3.24. The van der Waals surface area contributed by atoms with E-state index < -0.39 is 0 Å². The number of anilines is 2. The Hall–Kier alpha value is -2.71. The van der Waals surface area contributed by atoms with Crippen LogP contribution in [0.1, 0.15) is 10.4 Å². The molecule has 8 heteroatoms. The molecular weight excluding hydrogens is 386 g/mol. The number of pyridine rings is 1. The SMILES string of the molecule is O=C(c1ccc(N2CCOCC2)cc1)N1CCN(c2nc3cccnc3s2)CC1. The summed E-state index contributed by atoms with van der Waals surface area (Å²) in [5.41, 5.74) is 2.84. The van der Waals surface area contributed by atoms with E-state index in [4.69, 9.17) is 4.74 Å². The normalized spacial score (nSPS) is 17.7. The van der Waals surface area contributed by atoms with E-state index in [9.17, 15) is 4.79 Å². The predicted molar refractivity (Wildman–Crippen MR) is 115 cm³/mol. The Bertz CT molecular complexity index is 959. The third kappa shape index (κ3) is 3.77. The number of ether oxygens (including phenoxy) is 1. The molecule has 0 atom stereocenters. The minimum Gasteiger partial charge on any atom is -0.378 e. The molecule has 4 heterocycles. The monoisotopic (exact) mass is 409 g/mol. The zero-order valence-corrected chi connectivity index (χ0v) is 17.0. The first-order valence-corrected chi connectivity index (χ1v) is 10.8. The van der Waals surface area contributed by atoms with Crippen LogP contribution in [0.15, 0.2) is 42.6 Å². The van der Waals surface area contributed by atoms with Gasteiger partial charge in [0.1, 0.15) is 10.3 Å². The van der Waals surface area contributed by atoms with E-state index in [0.29, 0.717) is 13.1 Å². The number of amides is 1. The van der Waals surface area contributed by atoms with E-state index in [1.165, 1.54) is 0 Å². The van der Waals surface area contributed by atoms with Crippen LogP contribution in [0, 0.1) is 0 Å². The van der Waals surface area contributed by atoms with E-state index in [1.807, 2.05) is 41.3 Å². The van der Waals surface area contributed by atoms with Crippen LogP contribution < -0.4 is 9.80 Å². The van der Waals surface area contributed by atoms with E-state index in [0.717, 1.165) is 66.1 Å². The van der Waals surface area contributed by atoms with Crippen LogP contribution in [0.2, 0.25) is 0 Å². The Morgan fingerprint density at radius 2 is 1.69 bits per heavy atom. The van der Waals surface area contributed by atoms with Crippen molar-refractivity contribution < 1.29 is 9.53 Å². The topological polar surface area (TPSA) is 61.8 Å². The lowest BCUT2D eigenvalue weighted by Gasteiger charge is -2.34. The zero-order chi connectivity index (χ0) is 19.6. The molecule has 0 spiro atoms. The lowest BCUT2D eigenvalue weighted by Crippen LogP contribution is -2.48. The smallest absolute Gasteiger partial charge is 0.253 e. The molecule has 2 aromatic heterocycles. The first-order chi connectivity index (χ1) is 14.3. The lowest BCUT2D eigenvalue weighted by molar-refractivity contribution is 0.0746.